The highest BCUT2D eigenvalue weighted by Gasteiger charge is 2.11. The number of aryl methyl sites for hydroxylation is 1. The van der Waals surface area contributed by atoms with Gasteiger partial charge in [-0.1, -0.05) is 12.1 Å². The molecule has 1 amide bonds. The second-order valence-corrected chi connectivity index (χ2v) is 5.65. The lowest BCUT2D eigenvalue weighted by Crippen LogP contribution is -2.24. The number of carbonyl (C=O) groups excluding carboxylic acids is 1. The number of anilines is 1. The van der Waals surface area contributed by atoms with Crippen LogP contribution in [0.1, 0.15) is 27.6 Å². The summed E-state index contributed by atoms with van der Waals surface area (Å²) in [5, 5.41) is 5.99. The molecule has 3 rings (SSSR count). The standard InChI is InChI=1S/C19H20N4O3/c1-13-22-17(19(24)21-12-16-4-3-9-26-16)10-18(23-13)20-11-14-5-7-15(25-2)8-6-14/h3-10H,11-12H2,1-2H3,(H,21,24)(H,20,22,23). The fourth-order valence-corrected chi connectivity index (χ4v) is 2.38. The molecule has 0 saturated carbocycles. The number of amides is 1. The predicted molar refractivity (Wildman–Crippen MR) is 97.0 cm³/mol. The molecule has 2 heterocycles. The SMILES string of the molecule is COc1ccc(CNc2cc(C(=O)NCc3ccco3)nc(C)n2)cc1. The molecule has 0 bridgehead atoms. The molecule has 0 saturated heterocycles. The number of hydrogen-bond acceptors (Lipinski definition) is 6. The Balaban J connectivity index is 1.63. The fraction of sp³-hybridized carbons (Fsp3) is 0.211. The maximum Gasteiger partial charge on any atom is 0.270 e. The van der Waals surface area contributed by atoms with E-state index in [-0.39, 0.29) is 5.91 Å². The van der Waals surface area contributed by atoms with Crippen LogP contribution in [0.3, 0.4) is 0 Å². The largest absolute Gasteiger partial charge is 0.497 e. The maximum absolute atomic E-state index is 12.3. The summed E-state index contributed by atoms with van der Waals surface area (Å²) >= 11 is 0. The van der Waals surface area contributed by atoms with Gasteiger partial charge in [0.1, 0.15) is 28.8 Å². The Labute approximate surface area is 151 Å². The van der Waals surface area contributed by atoms with Crippen molar-refractivity contribution in [2.45, 2.75) is 20.0 Å². The minimum absolute atomic E-state index is 0.278. The summed E-state index contributed by atoms with van der Waals surface area (Å²) in [4.78, 5) is 20.8. The van der Waals surface area contributed by atoms with Crippen LogP contribution in [0, 0.1) is 6.92 Å². The van der Waals surface area contributed by atoms with Crippen LogP contribution in [0.4, 0.5) is 5.82 Å². The van der Waals surface area contributed by atoms with Crippen molar-refractivity contribution in [3.05, 3.63) is 71.6 Å². The minimum Gasteiger partial charge on any atom is -0.497 e. The van der Waals surface area contributed by atoms with Gasteiger partial charge in [-0.3, -0.25) is 4.79 Å². The summed E-state index contributed by atoms with van der Waals surface area (Å²) in [6.45, 7) is 2.64. The second-order valence-electron chi connectivity index (χ2n) is 5.65. The average molecular weight is 352 g/mol. The fourth-order valence-electron chi connectivity index (χ4n) is 2.38. The molecule has 2 N–H and O–H groups in total. The van der Waals surface area contributed by atoms with Gasteiger partial charge in [-0.15, -0.1) is 0 Å². The van der Waals surface area contributed by atoms with E-state index in [1.807, 2.05) is 24.3 Å². The molecule has 7 heteroatoms. The summed E-state index contributed by atoms with van der Waals surface area (Å²) in [5.41, 5.74) is 1.38. The predicted octanol–water partition coefficient (Wildman–Crippen LogP) is 2.93. The summed E-state index contributed by atoms with van der Waals surface area (Å²) < 4.78 is 10.3. The first-order chi connectivity index (χ1) is 12.6. The number of methoxy groups -OCH3 is 1. The molecule has 0 aliphatic carbocycles. The third-order valence-electron chi connectivity index (χ3n) is 3.71. The first kappa shape index (κ1) is 17.5. The van der Waals surface area contributed by atoms with E-state index < -0.39 is 0 Å². The van der Waals surface area contributed by atoms with Crippen molar-refractivity contribution in [1.82, 2.24) is 15.3 Å². The summed E-state index contributed by atoms with van der Waals surface area (Å²) in [5.74, 6) is 2.33. The summed E-state index contributed by atoms with van der Waals surface area (Å²) in [7, 11) is 1.63. The molecule has 2 aromatic heterocycles. The average Bonchev–Trinajstić information content (AvgIpc) is 3.18. The molecule has 7 nitrogen and oxygen atoms in total. The van der Waals surface area contributed by atoms with E-state index in [4.69, 9.17) is 9.15 Å². The number of ether oxygens (including phenoxy) is 1. The Bertz CT molecular complexity index is 861. The molecular weight excluding hydrogens is 332 g/mol. The lowest BCUT2D eigenvalue weighted by atomic mass is 10.2. The Morgan fingerprint density at radius 3 is 2.65 bits per heavy atom. The van der Waals surface area contributed by atoms with Crippen LogP contribution in [0.25, 0.3) is 0 Å². The van der Waals surface area contributed by atoms with E-state index in [2.05, 4.69) is 20.6 Å². The minimum atomic E-state index is -0.278. The molecule has 134 valence electrons. The van der Waals surface area contributed by atoms with Crippen LogP contribution < -0.4 is 15.4 Å². The van der Waals surface area contributed by atoms with Gasteiger partial charge in [-0.25, -0.2) is 9.97 Å². The van der Waals surface area contributed by atoms with E-state index in [1.54, 1.807) is 38.5 Å². The van der Waals surface area contributed by atoms with E-state index in [1.165, 1.54) is 0 Å². The molecule has 0 unspecified atom stereocenters. The zero-order chi connectivity index (χ0) is 18.4. The van der Waals surface area contributed by atoms with Crippen LogP contribution in [0.5, 0.6) is 5.75 Å². The summed E-state index contributed by atoms with van der Waals surface area (Å²) in [6.07, 6.45) is 1.57. The Morgan fingerprint density at radius 1 is 1.15 bits per heavy atom. The van der Waals surface area contributed by atoms with Gasteiger partial charge in [0.15, 0.2) is 0 Å². The van der Waals surface area contributed by atoms with Crippen molar-refractivity contribution in [3.63, 3.8) is 0 Å². The molecule has 0 radical (unpaired) electrons. The summed E-state index contributed by atoms with van der Waals surface area (Å²) in [6, 6.07) is 12.9. The van der Waals surface area contributed by atoms with Crippen molar-refractivity contribution >= 4 is 11.7 Å². The van der Waals surface area contributed by atoms with Crippen LogP contribution >= 0.6 is 0 Å². The highest BCUT2D eigenvalue weighted by molar-refractivity contribution is 5.92. The normalized spacial score (nSPS) is 10.4. The third-order valence-corrected chi connectivity index (χ3v) is 3.71. The molecule has 0 spiro atoms. The van der Waals surface area contributed by atoms with Crippen LogP contribution in [0.15, 0.2) is 53.1 Å². The van der Waals surface area contributed by atoms with Crippen LogP contribution in [-0.2, 0) is 13.1 Å². The van der Waals surface area contributed by atoms with E-state index >= 15 is 0 Å². The molecule has 1 aromatic carbocycles. The van der Waals surface area contributed by atoms with Gasteiger partial charge < -0.3 is 19.8 Å². The number of nitrogens with zero attached hydrogens (tertiary/aromatic N) is 2. The number of aromatic nitrogens is 2. The topological polar surface area (TPSA) is 89.3 Å². The van der Waals surface area contributed by atoms with E-state index in [0.29, 0.717) is 36.2 Å². The van der Waals surface area contributed by atoms with Gasteiger partial charge in [0.05, 0.1) is 19.9 Å². The first-order valence-electron chi connectivity index (χ1n) is 8.17. The molecular formula is C19H20N4O3. The van der Waals surface area contributed by atoms with Crippen LogP contribution in [-0.4, -0.2) is 23.0 Å². The zero-order valence-corrected chi connectivity index (χ0v) is 14.7. The van der Waals surface area contributed by atoms with Gasteiger partial charge in [0.25, 0.3) is 5.91 Å². The Kier molecular flexibility index (Phi) is 5.48. The van der Waals surface area contributed by atoms with Crippen molar-refractivity contribution in [2.75, 3.05) is 12.4 Å². The molecule has 0 fully saturated rings. The van der Waals surface area contributed by atoms with Gasteiger partial charge in [0, 0.05) is 12.6 Å². The van der Waals surface area contributed by atoms with Gasteiger partial charge >= 0.3 is 0 Å². The van der Waals surface area contributed by atoms with Crippen molar-refractivity contribution < 1.29 is 13.9 Å². The van der Waals surface area contributed by atoms with Crippen molar-refractivity contribution in [1.29, 1.82) is 0 Å². The monoisotopic (exact) mass is 352 g/mol. The first-order valence-corrected chi connectivity index (χ1v) is 8.17. The van der Waals surface area contributed by atoms with Crippen molar-refractivity contribution in [3.8, 4) is 5.75 Å². The van der Waals surface area contributed by atoms with Gasteiger partial charge in [-0.05, 0) is 36.8 Å². The Hall–Kier alpha value is -3.35. The Morgan fingerprint density at radius 2 is 1.96 bits per heavy atom. The maximum atomic E-state index is 12.3. The van der Waals surface area contributed by atoms with Crippen molar-refractivity contribution in [2.24, 2.45) is 0 Å². The highest BCUT2D eigenvalue weighted by Crippen LogP contribution is 2.13. The number of furan rings is 1. The van der Waals surface area contributed by atoms with Gasteiger partial charge in [0.2, 0.25) is 0 Å². The molecule has 3 aromatic rings. The number of rotatable bonds is 7. The number of benzene rings is 1. The van der Waals surface area contributed by atoms with E-state index in [9.17, 15) is 4.79 Å². The number of carbonyl (C=O) groups is 1. The molecule has 0 aliphatic rings. The second kappa shape index (κ2) is 8.15. The highest BCUT2D eigenvalue weighted by atomic mass is 16.5. The smallest absolute Gasteiger partial charge is 0.270 e. The van der Waals surface area contributed by atoms with Gasteiger partial charge in [-0.2, -0.15) is 0 Å². The zero-order valence-electron chi connectivity index (χ0n) is 14.7. The quantitative estimate of drug-likeness (QED) is 0.680. The lowest BCUT2D eigenvalue weighted by Gasteiger charge is -2.09. The molecule has 0 atom stereocenters. The molecule has 0 aliphatic heterocycles. The number of hydrogen-bond donors (Lipinski definition) is 2. The van der Waals surface area contributed by atoms with Crippen LogP contribution in [0.2, 0.25) is 0 Å². The molecule has 26 heavy (non-hydrogen) atoms. The van der Waals surface area contributed by atoms with E-state index in [0.717, 1.165) is 11.3 Å². The third kappa shape index (κ3) is 4.60. The number of nitrogens with one attached hydrogen (secondary N) is 2. The lowest BCUT2D eigenvalue weighted by molar-refractivity contribution is 0.0942.